The third kappa shape index (κ3) is 10.1. The Balaban J connectivity index is 1.53. The molecule has 2 aliphatic rings. The zero-order valence-corrected chi connectivity index (χ0v) is 25.9. The second-order valence-electron chi connectivity index (χ2n) is 11.0. The van der Waals surface area contributed by atoms with Gasteiger partial charge >= 0.3 is 12.2 Å². The molecule has 1 saturated heterocycles. The average Bonchev–Trinajstić information content (AvgIpc) is 3.23. The van der Waals surface area contributed by atoms with E-state index in [1.807, 2.05) is 0 Å². The summed E-state index contributed by atoms with van der Waals surface area (Å²) in [5, 5.41) is 19.7. The van der Waals surface area contributed by atoms with Crippen molar-refractivity contribution in [1.82, 2.24) is 21.3 Å². The van der Waals surface area contributed by atoms with Crippen molar-refractivity contribution >= 4 is 18.1 Å². The normalized spacial score (nSPS) is 19.0. The lowest BCUT2D eigenvalue weighted by Gasteiger charge is -2.31. The van der Waals surface area contributed by atoms with Gasteiger partial charge in [-0.1, -0.05) is 24.3 Å². The SMILES string of the molecule is CCOC(=O)NCC1COC(CCC2=C(F)C=CCC=C2NC(=O)C(NC(=O)OO)C(c2ccc(F)cc2)c2cc(F)cc(F)c2)CN1. The van der Waals surface area contributed by atoms with Crippen LogP contribution in [0.25, 0.3) is 0 Å². The van der Waals surface area contributed by atoms with Gasteiger partial charge < -0.3 is 30.7 Å². The van der Waals surface area contributed by atoms with Gasteiger partial charge in [0.05, 0.1) is 19.3 Å². The molecule has 4 rings (SSSR count). The van der Waals surface area contributed by atoms with Gasteiger partial charge in [0.25, 0.3) is 0 Å². The quantitative estimate of drug-likeness (QED) is 0.122. The minimum absolute atomic E-state index is 0.0789. The van der Waals surface area contributed by atoms with E-state index < -0.39 is 53.3 Å². The van der Waals surface area contributed by atoms with Crippen LogP contribution in [0.1, 0.15) is 43.2 Å². The van der Waals surface area contributed by atoms with Crippen molar-refractivity contribution in [1.29, 1.82) is 0 Å². The molecule has 15 heteroatoms. The molecule has 4 atom stereocenters. The van der Waals surface area contributed by atoms with Crippen LogP contribution in [0, 0.1) is 17.5 Å². The standard InChI is InChI=1S/C33H36F4N4O7/c1-2-46-32(43)39-16-24-18-47-25(17-38-24)11-12-26-27(37)5-3-4-6-28(26)40-31(42)30(41-33(44)48-45)29(19-7-9-21(34)10-8-19)20-13-22(35)15-23(36)14-20/h3,5-10,13-15,24-25,29-30,38,45H,2,4,11-12,16-18H2,1H3,(H,39,43)(H,40,42)(H,41,44). The molecule has 3 amide bonds. The number of benzene rings is 2. The lowest BCUT2D eigenvalue weighted by Crippen LogP contribution is -2.51. The molecule has 0 aromatic heterocycles. The predicted molar refractivity (Wildman–Crippen MR) is 165 cm³/mol. The highest BCUT2D eigenvalue weighted by atomic mass is 19.1. The third-order valence-electron chi connectivity index (χ3n) is 7.69. The lowest BCUT2D eigenvalue weighted by atomic mass is 9.84. The van der Waals surface area contributed by atoms with Crippen molar-refractivity contribution < 1.29 is 51.6 Å². The molecule has 0 radical (unpaired) electrons. The summed E-state index contributed by atoms with van der Waals surface area (Å²) < 4.78 is 68.8. The Labute approximate surface area is 273 Å². The van der Waals surface area contributed by atoms with Gasteiger partial charge in [-0.05, 0) is 67.7 Å². The van der Waals surface area contributed by atoms with Gasteiger partial charge in [0.1, 0.15) is 29.3 Å². The van der Waals surface area contributed by atoms with Crippen molar-refractivity contribution in [3.8, 4) is 0 Å². The molecule has 0 spiro atoms. The molecular weight excluding hydrogens is 640 g/mol. The van der Waals surface area contributed by atoms with E-state index in [9.17, 15) is 27.6 Å². The smallest absolute Gasteiger partial charge is 0.439 e. The van der Waals surface area contributed by atoms with E-state index in [-0.39, 0.29) is 67.1 Å². The highest BCUT2D eigenvalue weighted by molar-refractivity contribution is 5.89. The molecule has 1 aliphatic carbocycles. The number of carbonyl (C=O) groups excluding carboxylic acids is 3. The van der Waals surface area contributed by atoms with Gasteiger partial charge in [0.2, 0.25) is 5.91 Å². The first-order chi connectivity index (χ1) is 23.1. The zero-order valence-electron chi connectivity index (χ0n) is 25.9. The number of morpholine rings is 1. The van der Waals surface area contributed by atoms with Crippen LogP contribution in [0.15, 0.2) is 77.8 Å². The summed E-state index contributed by atoms with van der Waals surface area (Å²) in [6, 6.07) is 5.30. The fraction of sp³-hybridized carbons (Fsp3) is 0.364. The molecule has 2 aromatic rings. The predicted octanol–water partition coefficient (Wildman–Crippen LogP) is 4.87. The Kier molecular flexibility index (Phi) is 13.1. The van der Waals surface area contributed by atoms with Crippen molar-refractivity contribution in [2.24, 2.45) is 0 Å². The molecule has 1 heterocycles. The van der Waals surface area contributed by atoms with E-state index in [1.165, 1.54) is 18.2 Å². The van der Waals surface area contributed by atoms with Gasteiger partial charge in [0.15, 0.2) is 0 Å². The number of hydrogen-bond donors (Lipinski definition) is 5. The summed E-state index contributed by atoms with van der Waals surface area (Å²) in [5.74, 6) is -5.50. The highest BCUT2D eigenvalue weighted by Crippen LogP contribution is 2.32. The maximum Gasteiger partial charge on any atom is 0.439 e. The van der Waals surface area contributed by atoms with E-state index in [1.54, 1.807) is 19.1 Å². The van der Waals surface area contributed by atoms with Gasteiger partial charge in [-0.25, -0.2) is 27.2 Å². The number of rotatable bonds is 12. The van der Waals surface area contributed by atoms with Gasteiger partial charge in [-0.2, -0.15) is 5.26 Å². The van der Waals surface area contributed by atoms with Crippen molar-refractivity contribution in [2.45, 2.75) is 50.3 Å². The van der Waals surface area contributed by atoms with Crippen LogP contribution < -0.4 is 21.3 Å². The van der Waals surface area contributed by atoms with Crippen LogP contribution in [0.5, 0.6) is 0 Å². The summed E-state index contributed by atoms with van der Waals surface area (Å²) >= 11 is 0. The zero-order chi connectivity index (χ0) is 34.6. The molecule has 258 valence electrons. The average molecular weight is 677 g/mol. The summed E-state index contributed by atoms with van der Waals surface area (Å²) in [6.07, 6.45) is 2.73. The van der Waals surface area contributed by atoms with Crippen molar-refractivity contribution in [2.75, 3.05) is 26.3 Å². The van der Waals surface area contributed by atoms with E-state index in [4.69, 9.17) is 14.7 Å². The lowest BCUT2D eigenvalue weighted by molar-refractivity contribution is -0.178. The molecule has 0 saturated carbocycles. The van der Waals surface area contributed by atoms with E-state index in [0.717, 1.165) is 24.3 Å². The molecular formula is C33H36F4N4O7. The number of carbonyl (C=O) groups is 3. The Bertz CT molecular complexity index is 1520. The topological polar surface area (TPSA) is 147 Å². The van der Waals surface area contributed by atoms with Gasteiger partial charge in [-0.15, -0.1) is 0 Å². The first-order valence-electron chi connectivity index (χ1n) is 15.2. The van der Waals surface area contributed by atoms with Crippen LogP contribution in [-0.2, 0) is 19.2 Å². The Morgan fingerprint density at radius 3 is 2.40 bits per heavy atom. The minimum atomic E-state index is -1.70. The van der Waals surface area contributed by atoms with Crippen LogP contribution in [0.4, 0.5) is 27.2 Å². The maximum atomic E-state index is 15.4. The molecule has 4 unspecified atom stereocenters. The maximum absolute atomic E-state index is 15.4. The fourth-order valence-corrected chi connectivity index (χ4v) is 5.44. The van der Waals surface area contributed by atoms with Crippen molar-refractivity contribution in [3.05, 3.63) is 106 Å². The fourth-order valence-electron chi connectivity index (χ4n) is 5.44. The largest absolute Gasteiger partial charge is 0.450 e. The number of amides is 3. The number of nitrogens with one attached hydrogen (secondary N) is 4. The van der Waals surface area contributed by atoms with Crippen LogP contribution in [0.3, 0.4) is 0 Å². The van der Waals surface area contributed by atoms with Crippen LogP contribution >= 0.6 is 0 Å². The molecule has 2 aromatic carbocycles. The van der Waals surface area contributed by atoms with E-state index in [2.05, 4.69) is 26.2 Å². The number of halogens is 4. The van der Waals surface area contributed by atoms with Crippen LogP contribution in [0.2, 0.25) is 0 Å². The minimum Gasteiger partial charge on any atom is -0.450 e. The molecule has 0 bridgehead atoms. The summed E-state index contributed by atoms with van der Waals surface area (Å²) in [5.41, 5.74) is 0.283. The summed E-state index contributed by atoms with van der Waals surface area (Å²) in [7, 11) is 0. The molecule has 5 N–H and O–H groups in total. The van der Waals surface area contributed by atoms with E-state index in [0.29, 0.717) is 19.0 Å². The molecule has 48 heavy (non-hydrogen) atoms. The Morgan fingerprint density at radius 2 is 1.75 bits per heavy atom. The summed E-state index contributed by atoms with van der Waals surface area (Å²) in [4.78, 5) is 41.5. The number of ether oxygens (including phenoxy) is 2. The molecule has 11 nitrogen and oxygen atoms in total. The third-order valence-corrected chi connectivity index (χ3v) is 7.69. The molecule has 1 fully saturated rings. The number of alkyl carbamates (subject to hydrolysis) is 1. The Hall–Kier alpha value is -4.73. The van der Waals surface area contributed by atoms with Crippen LogP contribution in [-0.4, -0.2) is 67.8 Å². The second-order valence-corrected chi connectivity index (χ2v) is 11.0. The second kappa shape index (κ2) is 17.4. The van der Waals surface area contributed by atoms with Crippen molar-refractivity contribution in [3.63, 3.8) is 0 Å². The number of hydrogen-bond acceptors (Lipinski definition) is 8. The Morgan fingerprint density at radius 1 is 1.02 bits per heavy atom. The first-order valence-corrected chi connectivity index (χ1v) is 15.2. The summed E-state index contributed by atoms with van der Waals surface area (Å²) in [6.45, 7) is 2.91. The highest BCUT2D eigenvalue weighted by Gasteiger charge is 2.35. The first kappa shape index (κ1) is 36.1. The van der Waals surface area contributed by atoms with Gasteiger partial charge in [-0.3, -0.25) is 9.68 Å². The van der Waals surface area contributed by atoms with Gasteiger partial charge in [0, 0.05) is 42.4 Å². The molecule has 1 aliphatic heterocycles. The number of allylic oxidation sites excluding steroid dienone is 5. The monoisotopic (exact) mass is 676 g/mol. The van der Waals surface area contributed by atoms with E-state index >= 15 is 4.39 Å².